The van der Waals surface area contributed by atoms with E-state index in [1.165, 1.54) is 6.42 Å². The van der Waals surface area contributed by atoms with Crippen molar-refractivity contribution in [2.24, 2.45) is 5.29 Å². The van der Waals surface area contributed by atoms with Crippen molar-refractivity contribution in [3.63, 3.8) is 0 Å². The number of hydrogen-bond acceptors (Lipinski definition) is 4. The maximum atomic E-state index is 11.6. The third-order valence-corrected chi connectivity index (χ3v) is 3.17. The Morgan fingerprint density at radius 1 is 1.26 bits per heavy atom. The fraction of sp³-hybridized carbons (Fsp3) is 0.818. The van der Waals surface area contributed by atoms with Gasteiger partial charge in [-0.15, -0.1) is 16.5 Å². The van der Waals surface area contributed by atoms with Crippen LogP contribution in [0.15, 0.2) is 5.29 Å². The second-order valence-electron chi connectivity index (χ2n) is 4.45. The summed E-state index contributed by atoms with van der Waals surface area (Å²) in [6.45, 7) is -0.148. The minimum Gasteiger partial charge on any atom is -0.352 e. The maximum absolute atomic E-state index is 11.6. The molecule has 0 radical (unpaired) electrons. The van der Waals surface area contributed by atoms with Crippen molar-refractivity contribution >= 4 is 23.5 Å². The van der Waals surface area contributed by atoms with Gasteiger partial charge in [-0.3, -0.25) is 4.79 Å². The third kappa shape index (κ3) is 5.87. The second-order valence-corrected chi connectivity index (χ2v) is 4.83. The van der Waals surface area contributed by atoms with E-state index >= 15 is 0 Å². The number of carbonyl (C=O) groups excluding carboxylic acids is 2. The summed E-state index contributed by atoms with van der Waals surface area (Å²) in [4.78, 5) is 33.4. The lowest BCUT2D eigenvalue weighted by atomic mass is 9.95. The molecule has 0 aromatic carbocycles. The monoisotopic (exact) mass is 290 g/mol. The summed E-state index contributed by atoms with van der Waals surface area (Å²) in [5, 5.41) is 8.37. The SMILES string of the molecule is O=NN(CCCl)C(=O)NCC(=O)NC1CCCCC1. The van der Waals surface area contributed by atoms with Gasteiger partial charge in [0, 0.05) is 11.9 Å². The summed E-state index contributed by atoms with van der Waals surface area (Å²) in [7, 11) is 0. The Balaban J connectivity index is 2.24. The van der Waals surface area contributed by atoms with E-state index in [1.807, 2.05) is 0 Å². The van der Waals surface area contributed by atoms with Crippen molar-refractivity contribution in [3.05, 3.63) is 4.91 Å². The normalized spacial score (nSPS) is 15.6. The predicted molar refractivity (Wildman–Crippen MR) is 71.6 cm³/mol. The number of carbonyl (C=O) groups is 2. The Morgan fingerprint density at radius 2 is 1.95 bits per heavy atom. The van der Waals surface area contributed by atoms with Gasteiger partial charge < -0.3 is 10.6 Å². The first-order valence-electron chi connectivity index (χ1n) is 6.41. The summed E-state index contributed by atoms with van der Waals surface area (Å²) in [6.07, 6.45) is 5.41. The number of nitrogens with zero attached hydrogens (tertiary/aromatic N) is 2. The summed E-state index contributed by atoms with van der Waals surface area (Å²) in [6, 6.07) is -0.518. The van der Waals surface area contributed by atoms with E-state index in [1.54, 1.807) is 0 Å². The molecule has 0 aromatic heterocycles. The number of rotatable bonds is 6. The van der Waals surface area contributed by atoms with Crippen LogP contribution >= 0.6 is 11.6 Å². The molecule has 1 fully saturated rings. The standard InChI is InChI=1S/C11H19ClN4O3/c12-6-7-16(15-19)11(18)13-8-10(17)14-9-4-2-1-3-5-9/h9H,1-8H2,(H,13,18)(H,14,17). The van der Waals surface area contributed by atoms with Crippen LogP contribution in [0.2, 0.25) is 0 Å². The van der Waals surface area contributed by atoms with E-state index in [2.05, 4.69) is 15.9 Å². The Morgan fingerprint density at radius 3 is 2.53 bits per heavy atom. The minimum absolute atomic E-state index is 0.0150. The van der Waals surface area contributed by atoms with Gasteiger partial charge in [-0.25, -0.2) is 4.79 Å². The molecule has 1 aliphatic rings. The molecule has 0 heterocycles. The van der Waals surface area contributed by atoms with Crippen molar-refractivity contribution in [3.8, 4) is 0 Å². The van der Waals surface area contributed by atoms with Gasteiger partial charge in [0.15, 0.2) is 0 Å². The molecule has 1 aliphatic carbocycles. The lowest BCUT2D eigenvalue weighted by molar-refractivity contribution is -0.121. The van der Waals surface area contributed by atoms with E-state index in [-0.39, 0.29) is 30.9 Å². The number of urea groups is 1. The molecule has 108 valence electrons. The number of amides is 3. The van der Waals surface area contributed by atoms with Gasteiger partial charge in [-0.2, -0.15) is 5.01 Å². The van der Waals surface area contributed by atoms with E-state index in [4.69, 9.17) is 11.6 Å². The van der Waals surface area contributed by atoms with Crippen molar-refractivity contribution < 1.29 is 9.59 Å². The Hall–Kier alpha value is -1.37. The first-order valence-corrected chi connectivity index (χ1v) is 6.94. The smallest absolute Gasteiger partial charge is 0.340 e. The van der Waals surface area contributed by atoms with Gasteiger partial charge in [0.2, 0.25) is 5.91 Å². The molecule has 0 saturated heterocycles. The summed E-state index contributed by atoms with van der Waals surface area (Å²) < 4.78 is 0. The van der Waals surface area contributed by atoms with Crippen LogP contribution in [0.1, 0.15) is 32.1 Å². The van der Waals surface area contributed by atoms with Gasteiger partial charge in [0.1, 0.15) is 0 Å². The summed E-state index contributed by atoms with van der Waals surface area (Å²) in [5.74, 6) is -0.148. The first kappa shape index (κ1) is 15.7. The van der Waals surface area contributed by atoms with Crippen molar-refractivity contribution in [2.45, 2.75) is 38.1 Å². The lowest BCUT2D eigenvalue weighted by Crippen LogP contribution is -2.45. The molecule has 0 aromatic rings. The zero-order valence-electron chi connectivity index (χ0n) is 10.7. The Bertz CT molecular complexity index is 321. The quantitative estimate of drug-likeness (QED) is 0.440. The average Bonchev–Trinajstić information content (AvgIpc) is 2.43. The minimum atomic E-state index is -0.713. The molecular weight excluding hydrogens is 272 g/mol. The maximum Gasteiger partial charge on any atom is 0.340 e. The zero-order valence-corrected chi connectivity index (χ0v) is 11.5. The highest BCUT2D eigenvalue weighted by Crippen LogP contribution is 2.17. The highest BCUT2D eigenvalue weighted by molar-refractivity contribution is 6.18. The third-order valence-electron chi connectivity index (χ3n) is 3.00. The van der Waals surface area contributed by atoms with Crippen LogP contribution in [0.4, 0.5) is 4.79 Å². The van der Waals surface area contributed by atoms with Crippen LogP contribution in [0, 0.1) is 4.91 Å². The van der Waals surface area contributed by atoms with Gasteiger partial charge in [0.05, 0.1) is 18.4 Å². The Kier molecular flexibility index (Phi) is 7.17. The molecule has 3 amide bonds. The van der Waals surface area contributed by atoms with Crippen molar-refractivity contribution in [2.75, 3.05) is 19.0 Å². The number of alkyl halides is 1. The van der Waals surface area contributed by atoms with Crippen LogP contribution in [-0.4, -0.2) is 42.0 Å². The zero-order chi connectivity index (χ0) is 14.1. The molecule has 0 aliphatic heterocycles. The molecule has 7 nitrogen and oxygen atoms in total. The fourth-order valence-corrected chi connectivity index (χ4v) is 2.19. The largest absolute Gasteiger partial charge is 0.352 e. The van der Waals surface area contributed by atoms with Crippen molar-refractivity contribution in [1.82, 2.24) is 15.6 Å². The molecule has 0 atom stereocenters. The summed E-state index contributed by atoms with van der Waals surface area (Å²) in [5.41, 5.74) is 0. The topological polar surface area (TPSA) is 90.9 Å². The first-order chi connectivity index (χ1) is 9.17. The summed E-state index contributed by atoms with van der Waals surface area (Å²) >= 11 is 5.41. The number of nitrogens with one attached hydrogen (secondary N) is 2. The second kappa shape index (κ2) is 8.68. The van der Waals surface area contributed by atoms with Gasteiger partial charge in [-0.1, -0.05) is 19.3 Å². The van der Waals surface area contributed by atoms with Gasteiger partial charge in [-0.05, 0) is 12.8 Å². The molecular formula is C11H19ClN4O3. The van der Waals surface area contributed by atoms with E-state index in [0.29, 0.717) is 5.01 Å². The highest BCUT2D eigenvalue weighted by atomic mass is 35.5. The van der Waals surface area contributed by atoms with Gasteiger partial charge in [0.25, 0.3) is 0 Å². The Labute approximate surface area is 117 Å². The van der Waals surface area contributed by atoms with Crippen LogP contribution in [-0.2, 0) is 4.79 Å². The van der Waals surface area contributed by atoms with Gasteiger partial charge >= 0.3 is 6.03 Å². The van der Waals surface area contributed by atoms with Crippen LogP contribution in [0.3, 0.4) is 0 Å². The van der Waals surface area contributed by atoms with Crippen LogP contribution in [0.5, 0.6) is 0 Å². The molecule has 8 heteroatoms. The number of hydrogen-bond donors (Lipinski definition) is 2. The van der Waals surface area contributed by atoms with Crippen molar-refractivity contribution in [1.29, 1.82) is 0 Å². The molecule has 0 bridgehead atoms. The number of halogens is 1. The predicted octanol–water partition coefficient (Wildman–Crippen LogP) is 1.37. The molecule has 0 spiro atoms. The number of nitroso groups, excluding NO2 is 1. The van der Waals surface area contributed by atoms with Crippen LogP contribution < -0.4 is 10.6 Å². The lowest BCUT2D eigenvalue weighted by Gasteiger charge is -2.23. The van der Waals surface area contributed by atoms with Crippen LogP contribution in [0.25, 0.3) is 0 Å². The molecule has 2 N–H and O–H groups in total. The fourth-order valence-electron chi connectivity index (χ4n) is 2.03. The highest BCUT2D eigenvalue weighted by Gasteiger charge is 2.17. The van der Waals surface area contributed by atoms with E-state index in [9.17, 15) is 14.5 Å². The molecule has 19 heavy (non-hydrogen) atoms. The molecule has 1 saturated carbocycles. The van der Waals surface area contributed by atoms with E-state index < -0.39 is 6.03 Å². The van der Waals surface area contributed by atoms with E-state index in [0.717, 1.165) is 25.7 Å². The molecule has 1 rings (SSSR count). The molecule has 0 unspecified atom stereocenters. The average molecular weight is 291 g/mol.